The van der Waals surface area contributed by atoms with Crippen molar-refractivity contribution >= 4 is 22.4 Å². The number of hydrogen-bond donors (Lipinski definition) is 2. The Balaban J connectivity index is 1.99. The minimum Gasteiger partial charge on any atom is -0.486 e. The molecular weight excluding hydrogens is 250 g/mol. The van der Waals surface area contributed by atoms with E-state index in [1.165, 1.54) is 0 Å². The van der Waals surface area contributed by atoms with E-state index in [-0.39, 0.29) is 6.10 Å². The number of benzene rings is 2. The largest absolute Gasteiger partial charge is 0.486 e. The van der Waals surface area contributed by atoms with Crippen LogP contribution >= 0.6 is 11.6 Å². The Morgan fingerprint density at radius 2 is 1.89 bits per heavy atom. The van der Waals surface area contributed by atoms with Gasteiger partial charge in [0.2, 0.25) is 0 Å². The lowest BCUT2D eigenvalue weighted by Crippen LogP contribution is -2.29. The van der Waals surface area contributed by atoms with Gasteiger partial charge in [0, 0.05) is 28.9 Å². The van der Waals surface area contributed by atoms with E-state index in [1.54, 1.807) is 0 Å². The first-order valence-electron chi connectivity index (χ1n) is 5.98. The smallest absolute Gasteiger partial charge is 0.138 e. The van der Waals surface area contributed by atoms with Crippen LogP contribution in [-0.4, -0.2) is 30.4 Å². The highest BCUT2D eigenvalue weighted by Crippen LogP contribution is 2.32. The van der Waals surface area contributed by atoms with Crippen LogP contribution in [0.15, 0.2) is 36.4 Å². The molecule has 2 aromatic rings. The summed E-state index contributed by atoms with van der Waals surface area (Å²) in [6.45, 7) is 1.24. The highest BCUT2D eigenvalue weighted by atomic mass is 35.5. The van der Waals surface area contributed by atoms with Crippen LogP contribution in [0.2, 0.25) is 5.02 Å². The molecule has 2 N–H and O–H groups in total. The van der Waals surface area contributed by atoms with Crippen LogP contribution < -0.4 is 10.1 Å². The van der Waals surface area contributed by atoms with E-state index in [1.807, 2.05) is 36.4 Å². The highest BCUT2D eigenvalue weighted by Gasteiger charge is 2.27. The molecule has 1 fully saturated rings. The monoisotopic (exact) mass is 263 g/mol. The lowest BCUT2D eigenvalue weighted by atomic mass is 10.1. The van der Waals surface area contributed by atoms with E-state index in [2.05, 4.69) is 5.32 Å². The molecule has 3 nitrogen and oxygen atoms in total. The zero-order chi connectivity index (χ0) is 12.5. The minimum absolute atomic E-state index is 0.199. The molecule has 0 saturated carbocycles. The van der Waals surface area contributed by atoms with Crippen molar-refractivity contribution < 1.29 is 9.84 Å². The van der Waals surface area contributed by atoms with Crippen LogP contribution in [0.5, 0.6) is 5.75 Å². The van der Waals surface area contributed by atoms with Crippen LogP contribution in [0.1, 0.15) is 0 Å². The summed E-state index contributed by atoms with van der Waals surface area (Å²) in [6, 6.07) is 11.5. The van der Waals surface area contributed by atoms with Gasteiger partial charge in [-0.25, -0.2) is 0 Å². The fourth-order valence-corrected chi connectivity index (χ4v) is 2.49. The van der Waals surface area contributed by atoms with Crippen molar-refractivity contribution in [2.75, 3.05) is 13.1 Å². The maximum atomic E-state index is 9.76. The van der Waals surface area contributed by atoms with E-state index in [0.717, 1.165) is 16.5 Å². The van der Waals surface area contributed by atoms with Gasteiger partial charge in [-0.05, 0) is 12.1 Å². The number of nitrogens with one attached hydrogen (secondary N) is 1. The molecule has 1 heterocycles. The van der Waals surface area contributed by atoms with Gasteiger partial charge in [-0.1, -0.05) is 35.9 Å². The second-order valence-electron chi connectivity index (χ2n) is 4.47. The SMILES string of the molecule is OC1CNCC1Oc1ccc(Cl)c2ccccc12. The summed E-state index contributed by atoms with van der Waals surface area (Å²) in [4.78, 5) is 0. The summed E-state index contributed by atoms with van der Waals surface area (Å²) < 4.78 is 5.88. The second kappa shape index (κ2) is 4.76. The average Bonchev–Trinajstić information content (AvgIpc) is 2.79. The van der Waals surface area contributed by atoms with Gasteiger partial charge in [0.25, 0.3) is 0 Å². The molecule has 2 unspecified atom stereocenters. The first-order valence-corrected chi connectivity index (χ1v) is 6.36. The molecule has 1 aliphatic heterocycles. The number of aliphatic hydroxyl groups is 1. The van der Waals surface area contributed by atoms with Crippen molar-refractivity contribution in [3.63, 3.8) is 0 Å². The molecule has 0 aromatic heterocycles. The van der Waals surface area contributed by atoms with Crippen molar-refractivity contribution in [3.05, 3.63) is 41.4 Å². The van der Waals surface area contributed by atoms with Crippen molar-refractivity contribution in [1.82, 2.24) is 5.32 Å². The molecule has 2 aromatic carbocycles. The van der Waals surface area contributed by atoms with Crippen LogP contribution in [0, 0.1) is 0 Å². The summed E-state index contributed by atoms with van der Waals surface area (Å²) in [6.07, 6.45) is -0.658. The van der Waals surface area contributed by atoms with E-state index in [9.17, 15) is 5.11 Å². The molecule has 3 rings (SSSR count). The quantitative estimate of drug-likeness (QED) is 0.873. The lowest BCUT2D eigenvalue weighted by molar-refractivity contribution is 0.0748. The van der Waals surface area contributed by atoms with Gasteiger partial charge in [-0.15, -0.1) is 0 Å². The van der Waals surface area contributed by atoms with Crippen molar-refractivity contribution in [2.24, 2.45) is 0 Å². The molecule has 4 heteroatoms. The highest BCUT2D eigenvalue weighted by molar-refractivity contribution is 6.35. The van der Waals surface area contributed by atoms with Gasteiger partial charge in [0.15, 0.2) is 0 Å². The predicted molar refractivity (Wildman–Crippen MR) is 72.3 cm³/mol. The molecular formula is C14H14ClNO2. The van der Waals surface area contributed by atoms with Gasteiger partial charge in [-0.3, -0.25) is 0 Å². The number of halogens is 1. The Labute approximate surface area is 110 Å². The second-order valence-corrected chi connectivity index (χ2v) is 4.88. The lowest BCUT2D eigenvalue weighted by Gasteiger charge is -2.18. The topological polar surface area (TPSA) is 41.5 Å². The summed E-state index contributed by atoms with van der Waals surface area (Å²) in [5, 5.41) is 15.5. The van der Waals surface area contributed by atoms with Gasteiger partial charge in [0.1, 0.15) is 18.0 Å². The third kappa shape index (κ3) is 2.05. The Kier molecular flexibility index (Phi) is 3.12. The van der Waals surface area contributed by atoms with Crippen LogP contribution in [0.3, 0.4) is 0 Å². The van der Waals surface area contributed by atoms with Crippen LogP contribution in [-0.2, 0) is 0 Å². The Morgan fingerprint density at radius 3 is 2.61 bits per heavy atom. The maximum Gasteiger partial charge on any atom is 0.138 e. The third-order valence-corrected chi connectivity index (χ3v) is 3.57. The summed E-state index contributed by atoms with van der Waals surface area (Å²) >= 11 is 6.16. The third-order valence-electron chi connectivity index (χ3n) is 3.24. The van der Waals surface area contributed by atoms with Crippen molar-refractivity contribution in [2.45, 2.75) is 12.2 Å². The first kappa shape index (κ1) is 11.8. The fourth-order valence-electron chi connectivity index (χ4n) is 2.26. The summed E-state index contributed by atoms with van der Waals surface area (Å²) in [5.74, 6) is 0.766. The molecule has 0 radical (unpaired) electrons. The molecule has 1 saturated heterocycles. The molecule has 0 spiro atoms. The summed E-state index contributed by atoms with van der Waals surface area (Å²) in [7, 11) is 0. The Morgan fingerprint density at radius 1 is 1.11 bits per heavy atom. The molecule has 0 amide bonds. The van der Waals surface area contributed by atoms with Crippen molar-refractivity contribution in [1.29, 1.82) is 0 Å². The molecule has 0 aliphatic carbocycles. The molecule has 2 atom stereocenters. The van der Waals surface area contributed by atoms with Crippen LogP contribution in [0.25, 0.3) is 10.8 Å². The summed E-state index contributed by atoms with van der Waals surface area (Å²) in [5.41, 5.74) is 0. The number of rotatable bonds is 2. The molecule has 94 valence electrons. The van der Waals surface area contributed by atoms with Gasteiger partial charge >= 0.3 is 0 Å². The zero-order valence-electron chi connectivity index (χ0n) is 9.77. The minimum atomic E-state index is -0.459. The molecule has 18 heavy (non-hydrogen) atoms. The van der Waals surface area contributed by atoms with Crippen molar-refractivity contribution in [3.8, 4) is 5.75 Å². The maximum absolute atomic E-state index is 9.76. The Hall–Kier alpha value is -1.29. The fraction of sp³-hybridized carbons (Fsp3) is 0.286. The van der Waals surface area contributed by atoms with E-state index < -0.39 is 6.10 Å². The van der Waals surface area contributed by atoms with Gasteiger partial charge in [0.05, 0.1) is 0 Å². The number of aliphatic hydroxyl groups excluding tert-OH is 1. The average molecular weight is 264 g/mol. The Bertz CT molecular complexity index is 573. The predicted octanol–water partition coefficient (Wildman–Crippen LogP) is 2.20. The van der Waals surface area contributed by atoms with Gasteiger partial charge < -0.3 is 15.2 Å². The number of hydrogen-bond acceptors (Lipinski definition) is 3. The molecule has 1 aliphatic rings. The number of ether oxygens (including phenoxy) is 1. The zero-order valence-corrected chi connectivity index (χ0v) is 10.5. The van der Waals surface area contributed by atoms with E-state index >= 15 is 0 Å². The molecule has 0 bridgehead atoms. The first-order chi connectivity index (χ1) is 8.75. The van der Waals surface area contributed by atoms with E-state index in [4.69, 9.17) is 16.3 Å². The van der Waals surface area contributed by atoms with Crippen LogP contribution in [0.4, 0.5) is 0 Å². The number of fused-ring (bicyclic) bond motifs is 1. The normalized spacial score (nSPS) is 23.4. The standard InChI is InChI=1S/C14H14ClNO2/c15-11-5-6-13(10-4-2-1-3-9(10)11)18-14-8-16-7-12(14)17/h1-6,12,14,16-17H,7-8H2. The van der Waals surface area contributed by atoms with E-state index in [0.29, 0.717) is 18.1 Å². The van der Waals surface area contributed by atoms with Gasteiger partial charge in [-0.2, -0.15) is 0 Å². The number of β-amino-alcohol motifs (C(OH)–C–C–N with tert-alkyl or cyclic N) is 1.